The zero-order valence-electron chi connectivity index (χ0n) is 25.3. The van der Waals surface area contributed by atoms with Crippen molar-refractivity contribution in [3.63, 3.8) is 0 Å². The molecule has 0 saturated carbocycles. The molecule has 2 amide bonds. The molecule has 1 N–H and O–H groups in total. The van der Waals surface area contributed by atoms with E-state index in [-0.39, 0.29) is 67.8 Å². The average molecular weight is 647 g/mol. The normalized spacial score (nSPS) is 25.4. The molecule has 0 aliphatic carbocycles. The Morgan fingerprint density at radius 2 is 1.71 bits per heavy atom. The molecule has 242 valence electrons. The second-order valence-corrected chi connectivity index (χ2v) is 13.9. The number of rotatable bonds is 0. The van der Waals surface area contributed by atoms with E-state index in [2.05, 4.69) is 10.3 Å². The highest BCUT2D eigenvalue weighted by molar-refractivity contribution is 7.89. The average Bonchev–Trinajstić information content (AvgIpc) is 3.31. The van der Waals surface area contributed by atoms with E-state index in [1.165, 1.54) is 10.4 Å². The van der Waals surface area contributed by atoms with Crippen LogP contribution in [0.25, 0.3) is 0 Å². The van der Waals surface area contributed by atoms with Gasteiger partial charge in [0.15, 0.2) is 0 Å². The van der Waals surface area contributed by atoms with E-state index < -0.39 is 33.2 Å². The van der Waals surface area contributed by atoms with Gasteiger partial charge in [-0.25, -0.2) is 12.7 Å². The Hall–Kier alpha value is -3.71. The number of allylic oxidation sites excluding steroid dienone is 1. The van der Waals surface area contributed by atoms with Gasteiger partial charge in [-0.05, 0) is 86.9 Å². The summed E-state index contributed by atoms with van der Waals surface area (Å²) in [6.45, 7) is 2.63. The third kappa shape index (κ3) is 7.41. The van der Waals surface area contributed by atoms with Gasteiger partial charge in [0.05, 0.1) is 17.9 Å². The molecule has 5 aliphatic rings. The number of aliphatic imine (C=N–C) groups is 1. The molecule has 0 radical (unpaired) electrons. The molecular weight excluding hydrogens is 609 g/mol. The fourth-order valence-corrected chi connectivity index (χ4v) is 7.31. The Bertz CT molecular complexity index is 1630. The van der Waals surface area contributed by atoms with Crippen LogP contribution in [0.3, 0.4) is 0 Å². The molecular formula is C32H37F3N4O5S. The van der Waals surface area contributed by atoms with Gasteiger partial charge < -0.3 is 15.0 Å². The van der Waals surface area contributed by atoms with Crippen molar-refractivity contribution < 1.29 is 35.9 Å². The summed E-state index contributed by atoms with van der Waals surface area (Å²) in [6.07, 6.45) is 1.53. The van der Waals surface area contributed by atoms with E-state index in [9.17, 15) is 31.2 Å². The first-order chi connectivity index (χ1) is 21.3. The second-order valence-electron chi connectivity index (χ2n) is 11.8. The topological polar surface area (TPSA) is 108 Å². The van der Waals surface area contributed by atoms with Crippen molar-refractivity contribution in [2.75, 3.05) is 39.0 Å². The molecule has 13 heteroatoms. The number of carbonyl (C=O) groups excluding carboxylic acids is 2. The van der Waals surface area contributed by atoms with Gasteiger partial charge in [0.25, 0.3) is 11.8 Å². The van der Waals surface area contributed by atoms with E-state index in [4.69, 9.17) is 4.74 Å². The number of fused-ring (bicyclic) bond motifs is 2. The number of amidine groups is 1. The first-order valence-corrected chi connectivity index (χ1v) is 16.6. The largest absolute Gasteiger partial charge is 0.493 e. The summed E-state index contributed by atoms with van der Waals surface area (Å²) in [6, 6.07) is 8.57. The maximum absolute atomic E-state index is 13.8. The van der Waals surface area contributed by atoms with Crippen LogP contribution in [0.5, 0.6) is 5.75 Å². The SMILES string of the molecule is Cc1cc2ccc1CCS(=O)(=O)N1CCC3(CC1)N=C(NC3=O)c1cc(cc(C(F)(F)F)c1)OCC/C=C/CCCN(C)C2=O. The molecule has 0 atom stereocenters. The standard InChI is InChI=1S/C32H37F3N4O5S/c1-22-18-24-9-8-23(22)10-17-45(42,43)39-14-11-31(12-15-39)30(41)36-28(37-31)25-19-26(32(33,34)35)21-27(20-25)44-16-7-5-3-4-6-13-38(2)29(24)40/h3,5,8-9,18-21H,4,6-7,10-17H2,1-2H3,(H,36,37,41)/b5-3+. The lowest BCUT2D eigenvalue weighted by Gasteiger charge is -2.34. The van der Waals surface area contributed by atoms with Crippen LogP contribution in [0.1, 0.15) is 64.7 Å². The van der Waals surface area contributed by atoms with E-state index in [1.54, 1.807) is 30.1 Å². The van der Waals surface area contributed by atoms with Gasteiger partial charge in [-0.2, -0.15) is 13.2 Å². The highest BCUT2D eigenvalue weighted by Crippen LogP contribution is 2.36. The number of nitrogens with zero attached hydrogens (tertiary/aromatic N) is 3. The number of hydrogen-bond acceptors (Lipinski definition) is 6. The van der Waals surface area contributed by atoms with Gasteiger partial charge in [0.2, 0.25) is 10.0 Å². The first kappa shape index (κ1) is 32.7. The summed E-state index contributed by atoms with van der Waals surface area (Å²) in [4.78, 5) is 32.3. The zero-order valence-corrected chi connectivity index (χ0v) is 26.1. The molecule has 2 aromatic rings. The van der Waals surface area contributed by atoms with Crippen molar-refractivity contribution >= 4 is 27.7 Å². The predicted octanol–water partition coefficient (Wildman–Crippen LogP) is 4.49. The quantitative estimate of drug-likeness (QED) is 0.425. The van der Waals surface area contributed by atoms with Crippen molar-refractivity contribution in [2.45, 2.75) is 57.2 Å². The minimum atomic E-state index is -4.65. The van der Waals surface area contributed by atoms with Crippen LogP contribution in [0.2, 0.25) is 0 Å². The number of hydrogen-bond donors (Lipinski definition) is 1. The number of aryl methyl sites for hydroxylation is 2. The fraction of sp³-hybridized carbons (Fsp3) is 0.469. The van der Waals surface area contributed by atoms with Gasteiger partial charge in [-0.1, -0.05) is 18.2 Å². The molecule has 7 rings (SSSR count). The Labute approximate surface area is 261 Å². The zero-order chi connectivity index (χ0) is 32.4. The smallest absolute Gasteiger partial charge is 0.416 e. The van der Waals surface area contributed by atoms with E-state index in [1.807, 2.05) is 19.1 Å². The summed E-state index contributed by atoms with van der Waals surface area (Å²) in [5, 5.41) is 2.64. The summed E-state index contributed by atoms with van der Waals surface area (Å²) >= 11 is 0. The van der Waals surface area contributed by atoms with Crippen LogP contribution in [0, 0.1) is 6.92 Å². The maximum atomic E-state index is 13.8. The third-order valence-electron chi connectivity index (χ3n) is 8.58. The van der Waals surface area contributed by atoms with Gasteiger partial charge in [0, 0.05) is 37.8 Å². The highest BCUT2D eigenvalue weighted by Gasteiger charge is 2.47. The van der Waals surface area contributed by atoms with E-state index in [0.29, 0.717) is 24.9 Å². The Kier molecular flexibility index (Phi) is 9.41. The van der Waals surface area contributed by atoms with Crippen LogP contribution in [-0.2, 0) is 27.4 Å². The van der Waals surface area contributed by atoms with Crippen molar-refractivity contribution in [2.24, 2.45) is 4.99 Å². The first-order valence-electron chi connectivity index (χ1n) is 15.0. The summed E-state index contributed by atoms with van der Waals surface area (Å²) in [5.41, 5.74) is 0.0588. The Morgan fingerprint density at radius 1 is 0.978 bits per heavy atom. The van der Waals surface area contributed by atoms with Crippen molar-refractivity contribution in [1.29, 1.82) is 0 Å². The molecule has 1 fully saturated rings. The number of benzene rings is 2. The van der Waals surface area contributed by atoms with Crippen molar-refractivity contribution in [1.82, 2.24) is 14.5 Å². The highest BCUT2D eigenvalue weighted by atomic mass is 32.2. The van der Waals surface area contributed by atoms with Gasteiger partial charge in [-0.15, -0.1) is 0 Å². The van der Waals surface area contributed by atoms with Crippen molar-refractivity contribution in [3.05, 3.63) is 76.4 Å². The third-order valence-corrected chi connectivity index (χ3v) is 10.5. The molecule has 2 aromatic carbocycles. The number of piperidine rings is 1. The molecule has 9 nitrogen and oxygen atoms in total. The number of alkyl halides is 3. The van der Waals surface area contributed by atoms with Crippen LogP contribution in [-0.4, -0.2) is 79.9 Å². The van der Waals surface area contributed by atoms with Crippen molar-refractivity contribution in [3.8, 4) is 5.75 Å². The van der Waals surface area contributed by atoms with Gasteiger partial charge in [-0.3, -0.25) is 14.6 Å². The number of amides is 2. The number of halogens is 3. The van der Waals surface area contributed by atoms with Crippen LogP contribution < -0.4 is 10.1 Å². The van der Waals surface area contributed by atoms with Gasteiger partial charge in [0.1, 0.15) is 17.1 Å². The minimum Gasteiger partial charge on any atom is -0.493 e. The van der Waals surface area contributed by atoms with E-state index in [0.717, 1.165) is 29.7 Å². The Balaban J connectivity index is 1.41. The maximum Gasteiger partial charge on any atom is 0.416 e. The number of carbonyl (C=O) groups is 2. The monoisotopic (exact) mass is 646 g/mol. The molecule has 45 heavy (non-hydrogen) atoms. The van der Waals surface area contributed by atoms with Gasteiger partial charge >= 0.3 is 6.18 Å². The molecule has 5 aliphatic heterocycles. The molecule has 5 heterocycles. The molecule has 0 unspecified atom stereocenters. The lowest BCUT2D eigenvalue weighted by atomic mass is 9.89. The van der Waals surface area contributed by atoms with Crippen LogP contribution in [0.4, 0.5) is 13.2 Å². The molecule has 1 spiro atoms. The van der Waals surface area contributed by atoms with E-state index >= 15 is 0 Å². The summed E-state index contributed by atoms with van der Waals surface area (Å²) in [7, 11) is -1.94. The molecule has 7 bridgehead atoms. The molecule has 1 saturated heterocycles. The molecule has 0 aromatic heterocycles. The lowest BCUT2D eigenvalue weighted by Crippen LogP contribution is -2.50. The number of ether oxygens (including phenoxy) is 1. The summed E-state index contributed by atoms with van der Waals surface area (Å²) < 4.78 is 74.9. The Morgan fingerprint density at radius 3 is 2.42 bits per heavy atom. The van der Waals surface area contributed by atoms with Crippen LogP contribution >= 0.6 is 0 Å². The van der Waals surface area contributed by atoms with Crippen LogP contribution in [0.15, 0.2) is 53.5 Å². The lowest BCUT2D eigenvalue weighted by molar-refractivity contribution is -0.137. The number of nitrogens with one attached hydrogen (secondary N) is 1. The predicted molar refractivity (Wildman–Crippen MR) is 164 cm³/mol. The minimum absolute atomic E-state index is 0.00313. The number of sulfonamides is 1. The fourth-order valence-electron chi connectivity index (χ4n) is 5.84. The summed E-state index contributed by atoms with van der Waals surface area (Å²) in [5.74, 6) is -0.726. The second kappa shape index (κ2) is 13.0.